The van der Waals surface area contributed by atoms with Gasteiger partial charge < -0.3 is 9.64 Å². The zero-order valence-corrected chi connectivity index (χ0v) is 20.8. The molecule has 4 rings (SSSR count). The highest BCUT2D eigenvalue weighted by atomic mass is 16.5. The van der Waals surface area contributed by atoms with E-state index in [1.807, 2.05) is 40.9 Å². The fourth-order valence-corrected chi connectivity index (χ4v) is 5.15. The van der Waals surface area contributed by atoms with E-state index in [-0.39, 0.29) is 5.91 Å². The number of benzene rings is 2. The van der Waals surface area contributed by atoms with Crippen molar-refractivity contribution in [3.05, 3.63) is 83.2 Å². The van der Waals surface area contributed by atoms with E-state index >= 15 is 0 Å². The highest BCUT2D eigenvalue weighted by Crippen LogP contribution is 2.28. The summed E-state index contributed by atoms with van der Waals surface area (Å²) in [5, 5.41) is 4.53. The molecule has 1 aliphatic heterocycles. The lowest BCUT2D eigenvalue weighted by molar-refractivity contribution is 0.0602. The van der Waals surface area contributed by atoms with Crippen molar-refractivity contribution < 1.29 is 9.53 Å². The number of aromatic nitrogens is 2. The highest BCUT2D eigenvalue weighted by Gasteiger charge is 2.31. The number of piperidine rings is 1. The van der Waals surface area contributed by atoms with E-state index in [0.717, 1.165) is 50.3 Å². The number of likely N-dealkylation sites (tertiary alicyclic amines) is 1. The summed E-state index contributed by atoms with van der Waals surface area (Å²) in [4.78, 5) is 17.6. The number of ether oxygens (including phenoxy) is 1. The van der Waals surface area contributed by atoms with E-state index in [1.165, 1.54) is 11.1 Å². The van der Waals surface area contributed by atoms with Crippen LogP contribution in [0.1, 0.15) is 40.0 Å². The van der Waals surface area contributed by atoms with Crippen molar-refractivity contribution in [1.29, 1.82) is 0 Å². The fraction of sp³-hybridized carbons (Fsp3) is 0.429. The molecule has 0 saturated carbocycles. The fourth-order valence-electron chi connectivity index (χ4n) is 5.15. The van der Waals surface area contributed by atoms with E-state index in [9.17, 15) is 4.79 Å². The third-order valence-corrected chi connectivity index (χ3v) is 7.08. The van der Waals surface area contributed by atoms with E-state index in [2.05, 4.69) is 60.5 Å². The number of carbonyl (C=O) groups excluding carboxylic acids is 1. The molecule has 2 heterocycles. The maximum atomic E-state index is 13.1. The minimum absolute atomic E-state index is 0.0938. The van der Waals surface area contributed by atoms with Crippen molar-refractivity contribution >= 4 is 5.91 Å². The van der Waals surface area contributed by atoms with Crippen LogP contribution in [0.15, 0.2) is 60.8 Å². The Kier molecular flexibility index (Phi) is 7.68. The quantitative estimate of drug-likeness (QED) is 0.502. The molecule has 1 saturated heterocycles. The van der Waals surface area contributed by atoms with Crippen LogP contribution in [0, 0.1) is 12.8 Å². The summed E-state index contributed by atoms with van der Waals surface area (Å²) < 4.78 is 7.20. The first-order valence-electron chi connectivity index (χ1n) is 12.1. The van der Waals surface area contributed by atoms with Crippen LogP contribution in [0.3, 0.4) is 0 Å². The van der Waals surface area contributed by atoms with Gasteiger partial charge in [-0.15, -0.1) is 0 Å². The molecule has 0 aliphatic carbocycles. The van der Waals surface area contributed by atoms with E-state index in [1.54, 1.807) is 7.11 Å². The average molecular weight is 461 g/mol. The molecule has 180 valence electrons. The number of nitrogens with zero attached hydrogens (tertiary/aromatic N) is 4. The van der Waals surface area contributed by atoms with E-state index < -0.39 is 0 Å². The van der Waals surface area contributed by atoms with Crippen LogP contribution in [-0.2, 0) is 20.0 Å². The lowest BCUT2D eigenvalue weighted by Gasteiger charge is -2.40. The minimum Gasteiger partial charge on any atom is -0.497 e. The van der Waals surface area contributed by atoms with Gasteiger partial charge in [0.15, 0.2) is 0 Å². The monoisotopic (exact) mass is 460 g/mol. The molecule has 0 spiro atoms. The summed E-state index contributed by atoms with van der Waals surface area (Å²) >= 11 is 0. The van der Waals surface area contributed by atoms with Gasteiger partial charge in [-0.3, -0.25) is 14.4 Å². The summed E-state index contributed by atoms with van der Waals surface area (Å²) in [6.07, 6.45) is 5.14. The Morgan fingerprint density at radius 2 is 1.88 bits per heavy atom. The zero-order valence-electron chi connectivity index (χ0n) is 20.8. The normalized spacial score (nSPS) is 15.5. The van der Waals surface area contributed by atoms with Gasteiger partial charge in [0.1, 0.15) is 5.75 Å². The largest absolute Gasteiger partial charge is 0.497 e. The first-order valence-corrected chi connectivity index (χ1v) is 12.1. The zero-order chi connectivity index (χ0) is 24.1. The molecule has 1 atom stereocenters. The van der Waals surface area contributed by atoms with Crippen LogP contribution in [-0.4, -0.2) is 58.8 Å². The number of hydrogen-bond donors (Lipinski definition) is 0. The van der Waals surface area contributed by atoms with Gasteiger partial charge in [0, 0.05) is 50.0 Å². The third kappa shape index (κ3) is 5.68. The molecule has 34 heavy (non-hydrogen) atoms. The number of carbonyl (C=O) groups is 1. The van der Waals surface area contributed by atoms with Gasteiger partial charge in [-0.05, 0) is 62.9 Å². The van der Waals surface area contributed by atoms with Crippen LogP contribution in [0.2, 0.25) is 0 Å². The standard InChI is InChI=1S/C28H36N4O2/c1-21-25(20-31(3)29-21)19-30(2)27(17-22-9-6-5-7-10-22)23-13-15-32(16-14-23)28(33)24-11-8-12-26(18-24)34-4/h5-12,18,20,23,27H,13-17,19H2,1-4H3/t27-/m1/s1. The Morgan fingerprint density at radius 1 is 1.15 bits per heavy atom. The molecule has 1 fully saturated rings. The van der Waals surface area contributed by atoms with Gasteiger partial charge >= 0.3 is 0 Å². The predicted octanol–water partition coefficient (Wildman–Crippen LogP) is 4.33. The Bertz CT molecular complexity index is 1090. The molecular formula is C28H36N4O2. The molecular weight excluding hydrogens is 424 g/mol. The van der Waals surface area contributed by atoms with Crippen LogP contribution >= 0.6 is 0 Å². The lowest BCUT2D eigenvalue weighted by Crippen LogP contribution is -2.46. The summed E-state index contributed by atoms with van der Waals surface area (Å²) in [5.41, 5.74) is 4.42. The highest BCUT2D eigenvalue weighted by molar-refractivity contribution is 5.94. The molecule has 0 N–H and O–H groups in total. The van der Waals surface area contributed by atoms with Crippen LogP contribution in [0.5, 0.6) is 5.75 Å². The maximum absolute atomic E-state index is 13.1. The lowest BCUT2D eigenvalue weighted by atomic mass is 9.84. The molecule has 1 aliphatic rings. The summed E-state index contributed by atoms with van der Waals surface area (Å²) in [5.74, 6) is 1.34. The van der Waals surface area contributed by atoms with E-state index in [4.69, 9.17) is 4.74 Å². The Hall–Kier alpha value is -3.12. The molecule has 6 heteroatoms. The Morgan fingerprint density at radius 3 is 2.53 bits per heavy atom. The van der Waals surface area contributed by atoms with Crippen LogP contribution in [0.25, 0.3) is 0 Å². The SMILES string of the molecule is COc1cccc(C(=O)N2CCC([C@@H](Cc3ccccc3)N(C)Cc3cn(C)nc3C)CC2)c1. The van der Waals surface area contributed by atoms with Crippen LogP contribution < -0.4 is 4.74 Å². The Balaban J connectivity index is 1.46. The second kappa shape index (κ2) is 10.9. The number of likely N-dealkylation sites (N-methyl/N-ethyl adjacent to an activating group) is 1. The minimum atomic E-state index is 0.0938. The molecule has 0 unspecified atom stereocenters. The van der Waals surface area contributed by atoms with Gasteiger partial charge in [0.2, 0.25) is 0 Å². The van der Waals surface area contributed by atoms with Crippen molar-refractivity contribution in [3.63, 3.8) is 0 Å². The molecule has 0 bridgehead atoms. The maximum Gasteiger partial charge on any atom is 0.253 e. The number of methoxy groups -OCH3 is 1. The molecule has 1 amide bonds. The van der Waals surface area contributed by atoms with Gasteiger partial charge in [-0.1, -0.05) is 36.4 Å². The summed E-state index contributed by atoms with van der Waals surface area (Å²) in [6.45, 7) is 4.52. The smallest absolute Gasteiger partial charge is 0.253 e. The van der Waals surface area contributed by atoms with Gasteiger partial charge in [-0.25, -0.2) is 0 Å². The number of hydrogen-bond acceptors (Lipinski definition) is 4. The van der Waals surface area contributed by atoms with Crippen molar-refractivity contribution in [2.24, 2.45) is 13.0 Å². The summed E-state index contributed by atoms with van der Waals surface area (Å²) in [6, 6.07) is 18.6. The van der Waals surface area contributed by atoms with Gasteiger partial charge in [-0.2, -0.15) is 5.10 Å². The Labute approximate surface area is 203 Å². The topological polar surface area (TPSA) is 50.6 Å². The van der Waals surface area contributed by atoms with Gasteiger partial charge in [0.25, 0.3) is 5.91 Å². The van der Waals surface area contributed by atoms with E-state index in [0.29, 0.717) is 17.5 Å². The summed E-state index contributed by atoms with van der Waals surface area (Å²) in [7, 11) is 5.84. The molecule has 1 aromatic heterocycles. The van der Waals surface area contributed by atoms with Crippen molar-refractivity contribution in [3.8, 4) is 5.75 Å². The second-order valence-corrected chi connectivity index (χ2v) is 9.45. The molecule has 2 aromatic carbocycles. The van der Waals surface area contributed by atoms with Crippen LogP contribution in [0.4, 0.5) is 0 Å². The molecule has 0 radical (unpaired) electrons. The predicted molar refractivity (Wildman–Crippen MR) is 135 cm³/mol. The van der Waals surface area contributed by atoms with Crippen molar-refractivity contribution in [1.82, 2.24) is 19.6 Å². The number of amides is 1. The van der Waals surface area contributed by atoms with Crippen molar-refractivity contribution in [2.75, 3.05) is 27.2 Å². The number of aryl methyl sites for hydroxylation is 2. The van der Waals surface area contributed by atoms with Gasteiger partial charge in [0.05, 0.1) is 12.8 Å². The first-order chi connectivity index (χ1) is 16.4. The second-order valence-electron chi connectivity index (χ2n) is 9.45. The molecule has 3 aromatic rings. The first kappa shape index (κ1) is 24.0. The third-order valence-electron chi connectivity index (χ3n) is 7.08. The number of rotatable bonds is 8. The van der Waals surface area contributed by atoms with Crippen molar-refractivity contribution in [2.45, 2.75) is 38.8 Å². The molecule has 6 nitrogen and oxygen atoms in total. The average Bonchev–Trinajstić information content (AvgIpc) is 3.18.